The average Bonchev–Trinajstić information content (AvgIpc) is 1.88. The summed E-state index contributed by atoms with van der Waals surface area (Å²) in [6.07, 6.45) is 1.80. The molecule has 0 atom stereocenters. The highest BCUT2D eigenvalue weighted by molar-refractivity contribution is 7.94. The van der Waals surface area contributed by atoms with Crippen LogP contribution in [0.3, 0.4) is 0 Å². The van der Waals surface area contributed by atoms with E-state index in [1.54, 1.807) is 0 Å². The zero-order valence-electron chi connectivity index (χ0n) is 6.35. The fraction of sp³-hybridized carbons (Fsp3) is 0.600. The van der Waals surface area contributed by atoms with Crippen LogP contribution < -0.4 is 0 Å². The summed E-state index contributed by atoms with van der Waals surface area (Å²) in [5.74, 6) is 1.31. The number of hydrogen-bond donors (Lipinski definition) is 1. The Morgan fingerprint density at radius 3 is 3.50 bits per heavy atom. The van der Waals surface area contributed by atoms with Crippen molar-refractivity contribution in [2.45, 2.75) is 12.8 Å². The number of aliphatic hydroxyl groups is 1. The molecule has 1 rings (SSSR count). The molecule has 0 spiro atoms. The minimum Gasteiger partial charge on any atom is -0.509 e. The lowest BCUT2D eigenvalue weighted by Gasteiger charge is -2.16. The summed E-state index contributed by atoms with van der Waals surface area (Å²) < 4.78 is 18.3. The van der Waals surface area contributed by atoms with Crippen LogP contribution in [0.25, 0.3) is 1.43 Å². The molecular weight excluding hydrogens is 124 g/mol. The van der Waals surface area contributed by atoms with E-state index < -0.39 is 0 Å². The molecule has 0 unspecified atom stereocenters. The molecule has 0 aromatic carbocycles. The van der Waals surface area contributed by atoms with Crippen molar-refractivity contribution in [3.05, 3.63) is 11.5 Å². The minimum absolute atomic E-state index is 0.175. The summed E-state index contributed by atoms with van der Waals surface area (Å²) in [6.45, 7) is 0. The van der Waals surface area contributed by atoms with Crippen LogP contribution >= 0.6 is 12.0 Å². The predicted octanol–water partition coefficient (Wildman–Crippen LogP) is 1.84. The lowest BCUT2D eigenvalue weighted by molar-refractivity contribution is 0.284. The highest BCUT2D eigenvalue weighted by atomic mass is 32.2. The van der Waals surface area contributed by atoms with E-state index in [2.05, 4.69) is 5.11 Å². The van der Waals surface area contributed by atoms with Gasteiger partial charge in [0.1, 0.15) is 5.76 Å². The summed E-state index contributed by atoms with van der Waals surface area (Å²) in [4.78, 5) is 0. The maximum Gasteiger partial charge on any atom is 0.293 e. The third-order valence-electron chi connectivity index (χ3n) is 1.05. The second kappa shape index (κ2) is 2.31. The number of allylic oxidation sites excluding steroid dienone is 2. The van der Waals surface area contributed by atoms with Gasteiger partial charge in [-0.2, -0.15) is 0 Å². The van der Waals surface area contributed by atoms with Crippen molar-refractivity contribution in [1.82, 2.24) is 0 Å². The molecule has 0 bridgehead atoms. The molecular formula is C5H8O2S. The van der Waals surface area contributed by atoms with Gasteiger partial charge >= 0.3 is 0 Å². The van der Waals surface area contributed by atoms with Gasteiger partial charge in [0.05, 0.1) is 12.0 Å². The van der Waals surface area contributed by atoms with Gasteiger partial charge in [0.2, 0.25) is 0 Å². The number of aliphatic hydroxyl groups excluding tert-OH is 1. The predicted molar refractivity (Wildman–Crippen MR) is 33.5 cm³/mol. The largest absolute Gasteiger partial charge is 0.509 e. The van der Waals surface area contributed by atoms with E-state index in [9.17, 15) is 0 Å². The molecule has 0 amide bonds. The van der Waals surface area contributed by atoms with Gasteiger partial charge in [0.15, 0.2) is 5.76 Å². The van der Waals surface area contributed by atoms with Crippen molar-refractivity contribution < 1.29 is 10.7 Å². The molecule has 3 heteroatoms. The van der Waals surface area contributed by atoms with Crippen molar-refractivity contribution in [3.63, 3.8) is 0 Å². The fourth-order valence-electron chi connectivity index (χ4n) is 0.488. The molecule has 0 aromatic heterocycles. The molecule has 0 radical (unpaired) electrons. The lowest BCUT2D eigenvalue weighted by atomic mass is 10.1. The van der Waals surface area contributed by atoms with Crippen molar-refractivity contribution in [3.8, 4) is 0 Å². The molecule has 0 fully saturated rings. The van der Waals surface area contributed by atoms with Gasteiger partial charge in [0, 0.05) is 20.4 Å². The van der Waals surface area contributed by atoms with Crippen LogP contribution in [-0.2, 0) is 4.18 Å². The first-order valence-electron chi connectivity index (χ1n) is 3.44. The Hall–Kier alpha value is -0.310. The monoisotopic (exact) mass is 136 g/mol. The van der Waals surface area contributed by atoms with Crippen molar-refractivity contribution in [2.24, 2.45) is 0 Å². The van der Waals surface area contributed by atoms with E-state index in [-0.39, 0.29) is 6.23 Å². The van der Waals surface area contributed by atoms with Crippen LogP contribution in [-0.4, -0.2) is 11.3 Å². The first-order chi connectivity index (χ1) is 4.88. The minimum atomic E-state index is 0.175. The second-order valence-corrected chi connectivity index (χ2v) is 1.95. The molecule has 0 saturated heterocycles. The Morgan fingerprint density at radius 1 is 2.00 bits per heavy atom. The zero-order valence-corrected chi connectivity index (χ0v) is 5.16. The van der Waals surface area contributed by atoms with Crippen LogP contribution in [0.2, 0.25) is 0 Å². The first kappa shape index (κ1) is 3.67. The topological polar surface area (TPSA) is 29.5 Å². The number of rotatable bonds is 3. The molecule has 0 heterocycles. The Balaban J connectivity index is 2.27. The van der Waals surface area contributed by atoms with Gasteiger partial charge in [-0.1, -0.05) is 0 Å². The van der Waals surface area contributed by atoms with Crippen molar-refractivity contribution >= 4 is 12.0 Å². The molecule has 8 heavy (non-hydrogen) atoms. The molecule has 46 valence electrons. The van der Waals surface area contributed by atoms with E-state index in [0.717, 1.165) is 24.9 Å². The SMILES string of the molecule is [3H]CSOC1=C(O[3H])CC1. The quantitative estimate of drug-likeness (QED) is 0.600. The lowest BCUT2D eigenvalue weighted by Crippen LogP contribution is -2.03. The zero-order chi connectivity index (χ0) is 7.40. The van der Waals surface area contributed by atoms with Crippen LogP contribution in [0.15, 0.2) is 11.5 Å². The fourth-order valence-corrected chi connectivity index (χ4v) is 0.807. The van der Waals surface area contributed by atoms with Gasteiger partial charge in [-0.3, -0.25) is 0 Å². The third kappa shape index (κ3) is 0.916. The molecule has 1 N–H and O–H groups in total. The smallest absolute Gasteiger partial charge is 0.293 e. The van der Waals surface area contributed by atoms with Gasteiger partial charge in [0.25, 0.3) is 1.43 Å². The standard InChI is InChI=1S/C5H8O2S/c1-8-7-5-3-2-4(5)6/h6H,2-3H2,1H3/i1T/hT. The maximum absolute atomic E-state index is 6.75. The summed E-state index contributed by atoms with van der Waals surface area (Å²) >= 11 is 1.06. The van der Waals surface area contributed by atoms with E-state index in [0.29, 0.717) is 11.5 Å². The summed E-state index contributed by atoms with van der Waals surface area (Å²) in [5, 5.41) is 4.23. The maximum atomic E-state index is 6.75. The van der Waals surface area contributed by atoms with Crippen LogP contribution in [0.5, 0.6) is 0 Å². The van der Waals surface area contributed by atoms with Crippen LogP contribution in [0.1, 0.15) is 14.2 Å². The molecule has 0 saturated carbocycles. The van der Waals surface area contributed by atoms with Gasteiger partial charge in [-0.15, -0.1) is 0 Å². The second-order valence-electron chi connectivity index (χ2n) is 1.55. The van der Waals surface area contributed by atoms with E-state index in [1.165, 1.54) is 0 Å². The Bertz CT molecular complexity index is 149. The Labute approximate surface area is 55.6 Å². The summed E-state index contributed by atoms with van der Waals surface area (Å²) in [7, 11) is 0. The summed E-state index contributed by atoms with van der Waals surface area (Å²) in [6, 6.07) is 0. The highest BCUT2D eigenvalue weighted by Gasteiger charge is 2.17. The number of hydrogen-bond acceptors (Lipinski definition) is 3. The highest BCUT2D eigenvalue weighted by Crippen LogP contribution is 2.28. The van der Waals surface area contributed by atoms with Crippen molar-refractivity contribution in [1.29, 1.82) is 1.43 Å². The average molecular weight is 136 g/mol. The Kier molecular flexibility index (Phi) is 1.06. The van der Waals surface area contributed by atoms with Crippen LogP contribution in [0.4, 0.5) is 0 Å². The van der Waals surface area contributed by atoms with E-state index >= 15 is 0 Å². The molecule has 2 nitrogen and oxygen atoms in total. The van der Waals surface area contributed by atoms with E-state index in [4.69, 9.17) is 6.99 Å². The van der Waals surface area contributed by atoms with E-state index in [1.807, 2.05) is 0 Å². The van der Waals surface area contributed by atoms with Gasteiger partial charge in [-0.25, -0.2) is 0 Å². The summed E-state index contributed by atoms with van der Waals surface area (Å²) in [5.41, 5.74) is 0. The molecule has 0 aromatic rings. The third-order valence-corrected chi connectivity index (χ3v) is 1.37. The van der Waals surface area contributed by atoms with Gasteiger partial charge < -0.3 is 9.29 Å². The normalized spacial score (nSPS) is 21.0. The molecule has 1 aliphatic rings. The van der Waals surface area contributed by atoms with Crippen molar-refractivity contribution in [2.75, 3.05) is 6.23 Å². The van der Waals surface area contributed by atoms with Gasteiger partial charge in [-0.05, 0) is 0 Å². The van der Waals surface area contributed by atoms with Crippen LogP contribution in [0, 0.1) is 0 Å². The molecule has 1 aliphatic carbocycles. The first-order valence-corrected chi connectivity index (χ1v) is 3.23. The Morgan fingerprint density at radius 2 is 3.00 bits per heavy atom. The molecule has 0 aliphatic heterocycles.